The average Bonchev–Trinajstić information content (AvgIpc) is 3.16. The van der Waals surface area contributed by atoms with Crippen molar-refractivity contribution in [2.75, 3.05) is 44.9 Å². The summed E-state index contributed by atoms with van der Waals surface area (Å²) >= 11 is 2.73. The Balaban J connectivity index is 0.00000408. The Bertz CT molecular complexity index is 1080. The van der Waals surface area contributed by atoms with Gasteiger partial charge in [0.25, 0.3) is 0 Å². The second-order valence-corrected chi connectivity index (χ2v) is 9.47. The molecule has 0 fully saturated rings. The Hall–Kier alpha value is -2.21. The van der Waals surface area contributed by atoms with E-state index in [1.54, 1.807) is 23.8 Å². The number of likely N-dealkylation sites (N-methyl/N-ethyl adjacent to an activating group) is 1. The zero-order chi connectivity index (χ0) is 24.0. The minimum absolute atomic E-state index is 0. The molecule has 0 saturated carbocycles. The van der Waals surface area contributed by atoms with Crippen LogP contribution in [0.15, 0.2) is 47.4 Å². The smallest absolute Gasteiger partial charge is 0.497 e. The Kier molecular flexibility index (Phi) is 10.3. The Morgan fingerprint density at radius 3 is 2.38 bits per heavy atom. The van der Waals surface area contributed by atoms with E-state index < -0.39 is 6.36 Å². The second-order valence-electron chi connectivity index (χ2n) is 7.30. The van der Waals surface area contributed by atoms with E-state index in [0.717, 1.165) is 10.6 Å². The number of hydrogen-bond donors (Lipinski definition) is 0. The maximum atomic E-state index is 13.0. The molecule has 0 N–H and O–H groups in total. The van der Waals surface area contributed by atoms with Crippen molar-refractivity contribution in [3.8, 4) is 11.5 Å². The number of methoxy groups -OCH3 is 1. The van der Waals surface area contributed by atoms with Crippen molar-refractivity contribution >= 4 is 56.8 Å². The zero-order valence-corrected chi connectivity index (χ0v) is 21.2. The summed E-state index contributed by atoms with van der Waals surface area (Å²) in [7, 11) is 5.41. The molecule has 0 atom stereocenters. The lowest BCUT2D eigenvalue weighted by atomic mass is 10.3. The van der Waals surface area contributed by atoms with Crippen LogP contribution >= 0.6 is 35.5 Å². The first-order chi connectivity index (χ1) is 15.6. The van der Waals surface area contributed by atoms with Gasteiger partial charge in [0.15, 0.2) is 5.13 Å². The van der Waals surface area contributed by atoms with Gasteiger partial charge in [-0.05, 0) is 50.5 Å². The predicted octanol–water partition coefficient (Wildman–Crippen LogP) is 5.70. The lowest BCUT2D eigenvalue weighted by Gasteiger charge is -2.22. The number of thiazole rings is 1. The topological polar surface area (TPSA) is 54.9 Å². The Labute approximate surface area is 210 Å². The van der Waals surface area contributed by atoms with E-state index >= 15 is 0 Å². The molecule has 0 aliphatic carbocycles. The molecule has 0 radical (unpaired) electrons. The van der Waals surface area contributed by atoms with Crippen molar-refractivity contribution in [3.05, 3.63) is 42.5 Å². The van der Waals surface area contributed by atoms with Crippen molar-refractivity contribution < 1.29 is 27.4 Å². The van der Waals surface area contributed by atoms with Crippen LogP contribution in [0.25, 0.3) is 10.2 Å². The number of alkyl halides is 3. The molecule has 1 aromatic heterocycles. The standard InChI is InChI=1S/C22H24F3N3O3S2.ClH/c1-27(2)11-12-28(20(29)10-13-32-17-7-4-15(30-3)5-8-17)21-26-18-9-6-16(14-19(18)33-21)31-22(23,24)25;/h4-9,14H,10-13H2,1-3H3;1H. The quantitative estimate of drug-likeness (QED) is 0.310. The minimum Gasteiger partial charge on any atom is -0.497 e. The first-order valence-electron chi connectivity index (χ1n) is 10.0. The van der Waals surface area contributed by atoms with E-state index in [2.05, 4.69) is 9.72 Å². The molecule has 0 aliphatic rings. The van der Waals surface area contributed by atoms with Crippen LogP contribution in [0.4, 0.5) is 18.3 Å². The number of hydrogen-bond acceptors (Lipinski definition) is 7. The van der Waals surface area contributed by atoms with Gasteiger partial charge in [-0.3, -0.25) is 9.69 Å². The molecule has 12 heteroatoms. The monoisotopic (exact) mass is 535 g/mol. The van der Waals surface area contributed by atoms with Crippen molar-refractivity contribution in [3.63, 3.8) is 0 Å². The van der Waals surface area contributed by atoms with Gasteiger partial charge in [-0.2, -0.15) is 0 Å². The fourth-order valence-electron chi connectivity index (χ4n) is 2.90. The van der Waals surface area contributed by atoms with Gasteiger partial charge in [0.2, 0.25) is 5.91 Å². The van der Waals surface area contributed by atoms with Gasteiger partial charge in [0.1, 0.15) is 11.5 Å². The average molecular weight is 536 g/mol. The van der Waals surface area contributed by atoms with Gasteiger partial charge in [-0.25, -0.2) is 4.98 Å². The van der Waals surface area contributed by atoms with Crippen molar-refractivity contribution in [2.24, 2.45) is 0 Å². The summed E-state index contributed by atoms with van der Waals surface area (Å²) in [6, 6.07) is 11.6. The van der Waals surface area contributed by atoms with E-state index in [1.807, 2.05) is 43.3 Å². The Morgan fingerprint density at radius 2 is 1.76 bits per heavy atom. The molecule has 34 heavy (non-hydrogen) atoms. The number of carbonyl (C=O) groups is 1. The van der Waals surface area contributed by atoms with E-state index in [-0.39, 0.29) is 24.1 Å². The molecule has 0 saturated heterocycles. The number of thioether (sulfide) groups is 1. The third-order valence-electron chi connectivity index (χ3n) is 4.53. The fraction of sp³-hybridized carbons (Fsp3) is 0.364. The van der Waals surface area contributed by atoms with Crippen LogP contribution in [-0.4, -0.2) is 62.2 Å². The normalized spacial score (nSPS) is 11.4. The van der Waals surface area contributed by atoms with Gasteiger partial charge in [0, 0.05) is 36.2 Å². The van der Waals surface area contributed by atoms with Gasteiger partial charge < -0.3 is 14.4 Å². The molecule has 6 nitrogen and oxygen atoms in total. The fourth-order valence-corrected chi connectivity index (χ4v) is 4.77. The molecule has 0 aliphatic heterocycles. The summed E-state index contributed by atoms with van der Waals surface area (Å²) < 4.78 is 47.3. The number of rotatable bonds is 10. The third-order valence-corrected chi connectivity index (χ3v) is 6.58. The minimum atomic E-state index is -4.77. The van der Waals surface area contributed by atoms with Gasteiger partial charge >= 0.3 is 6.36 Å². The van der Waals surface area contributed by atoms with E-state index in [4.69, 9.17) is 4.74 Å². The van der Waals surface area contributed by atoms with E-state index in [1.165, 1.54) is 29.5 Å². The lowest BCUT2D eigenvalue weighted by molar-refractivity contribution is -0.274. The molecule has 186 valence electrons. The van der Waals surface area contributed by atoms with Crippen molar-refractivity contribution in [1.82, 2.24) is 9.88 Å². The molecular formula is C22H25ClF3N3O3S2. The number of aromatic nitrogens is 1. The van der Waals surface area contributed by atoms with Crippen molar-refractivity contribution in [2.45, 2.75) is 17.7 Å². The molecular weight excluding hydrogens is 511 g/mol. The lowest BCUT2D eigenvalue weighted by Crippen LogP contribution is -2.36. The highest BCUT2D eigenvalue weighted by atomic mass is 35.5. The van der Waals surface area contributed by atoms with Crippen LogP contribution in [-0.2, 0) is 4.79 Å². The maximum absolute atomic E-state index is 13.0. The molecule has 0 bridgehead atoms. The highest BCUT2D eigenvalue weighted by Gasteiger charge is 2.31. The number of ether oxygens (including phenoxy) is 2. The number of halogens is 4. The van der Waals surface area contributed by atoms with Crippen LogP contribution < -0.4 is 14.4 Å². The van der Waals surface area contributed by atoms with Crippen molar-refractivity contribution in [1.29, 1.82) is 0 Å². The summed E-state index contributed by atoms with van der Waals surface area (Å²) in [4.78, 5) is 22.1. The summed E-state index contributed by atoms with van der Waals surface area (Å²) in [6.07, 6.45) is -4.47. The number of carbonyl (C=O) groups excluding carboxylic acids is 1. The highest BCUT2D eigenvalue weighted by molar-refractivity contribution is 7.99. The number of anilines is 1. The van der Waals surface area contributed by atoms with Crippen LogP contribution in [0, 0.1) is 0 Å². The molecule has 1 heterocycles. The van der Waals surface area contributed by atoms with Crippen LogP contribution in [0.2, 0.25) is 0 Å². The molecule has 0 spiro atoms. The van der Waals surface area contributed by atoms with Gasteiger partial charge in [-0.1, -0.05) is 11.3 Å². The van der Waals surface area contributed by atoms with Crippen LogP contribution in [0.5, 0.6) is 11.5 Å². The Morgan fingerprint density at radius 1 is 1.09 bits per heavy atom. The number of fused-ring (bicyclic) bond motifs is 1. The van der Waals surface area contributed by atoms with E-state index in [9.17, 15) is 18.0 Å². The molecule has 3 rings (SSSR count). The summed E-state index contributed by atoms with van der Waals surface area (Å²) in [5.41, 5.74) is 0.514. The number of nitrogens with zero attached hydrogens (tertiary/aromatic N) is 3. The zero-order valence-electron chi connectivity index (χ0n) is 18.8. The summed E-state index contributed by atoms with van der Waals surface area (Å²) in [5.74, 6) is 0.943. The van der Waals surface area contributed by atoms with Gasteiger partial charge in [0.05, 0.1) is 17.3 Å². The first kappa shape index (κ1) is 28.0. The van der Waals surface area contributed by atoms with E-state index in [0.29, 0.717) is 40.6 Å². The summed E-state index contributed by atoms with van der Waals surface area (Å²) in [5, 5.41) is 0.454. The van der Waals surface area contributed by atoms with Crippen LogP contribution in [0.1, 0.15) is 6.42 Å². The highest BCUT2D eigenvalue weighted by Crippen LogP contribution is 2.33. The third kappa shape index (κ3) is 8.23. The molecule has 1 amide bonds. The molecule has 3 aromatic rings. The number of amides is 1. The largest absolute Gasteiger partial charge is 0.573 e. The molecule has 2 aromatic carbocycles. The second kappa shape index (κ2) is 12.5. The van der Waals surface area contributed by atoms with Gasteiger partial charge in [-0.15, -0.1) is 37.3 Å². The van der Waals surface area contributed by atoms with Crippen LogP contribution in [0.3, 0.4) is 0 Å². The SMILES string of the molecule is COc1ccc(SCCC(=O)N(CCN(C)C)c2nc3ccc(OC(F)(F)F)cc3s2)cc1.Cl. The first-order valence-corrected chi connectivity index (χ1v) is 11.8. The maximum Gasteiger partial charge on any atom is 0.573 e. The number of benzene rings is 2. The predicted molar refractivity (Wildman–Crippen MR) is 133 cm³/mol. The molecule has 0 unspecified atom stereocenters. The summed E-state index contributed by atoms with van der Waals surface area (Å²) in [6.45, 7) is 1.04.